The van der Waals surface area contributed by atoms with Crippen molar-refractivity contribution in [2.75, 3.05) is 19.4 Å². The average molecular weight is 334 g/mol. The van der Waals surface area contributed by atoms with E-state index >= 15 is 0 Å². The summed E-state index contributed by atoms with van der Waals surface area (Å²) in [6.07, 6.45) is 1.72. The van der Waals surface area contributed by atoms with Crippen molar-refractivity contribution in [2.24, 2.45) is 0 Å². The van der Waals surface area contributed by atoms with Crippen molar-refractivity contribution in [3.05, 3.63) is 71.9 Å². The van der Waals surface area contributed by atoms with Gasteiger partial charge in [-0.1, -0.05) is 42.5 Å². The lowest BCUT2D eigenvalue weighted by atomic mass is 10.1. The van der Waals surface area contributed by atoms with Crippen LogP contribution in [-0.2, 0) is 13.1 Å². The molecule has 0 aliphatic carbocycles. The van der Waals surface area contributed by atoms with Crippen LogP contribution in [0.5, 0.6) is 0 Å². The topological polar surface area (TPSA) is 57.3 Å². The normalized spacial score (nSPS) is 10.8. The van der Waals surface area contributed by atoms with E-state index in [9.17, 15) is 4.79 Å². The SMILES string of the molecule is CN(C)Cc1ccc(CNC(=O)Nc2cccc3cccnc23)cc1. The Kier molecular flexibility index (Phi) is 5.26. The predicted molar refractivity (Wildman–Crippen MR) is 101 cm³/mol. The highest BCUT2D eigenvalue weighted by atomic mass is 16.2. The summed E-state index contributed by atoms with van der Waals surface area (Å²) in [4.78, 5) is 18.6. The fourth-order valence-corrected chi connectivity index (χ4v) is 2.68. The first-order valence-corrected chi connectivity index (χ1v) is 8.23. The molecule has 0 saturated heterocycles. The van der Waals surface area contributed by atoms with E-state index in [1.165, 1.54) is 5.56 Å². The molecule has 0 unspecified atom stereocenters. The lowest BCUT2D eigenvalue weighted by Crippen LogP contribution is -2.28. The van der Waals surface area contributed by atoms with Crippen molar-refractivity contribution in [2.45, 2.75) is 13.1 Å². The number of nitrogens with zero attached hydrogens (tertiary/aromatic N) is 2. The van der Waals surface area contributed by atoms with Gasteiger partial charge < -0.3 is 15.5 Å². The highest BCUT2D eigenvalue weighted by molar-refractivity contribution is 5.99. The number of benzene rings is 2. The minimum absolute atomic E-state index is 0.240. The molecule has 0 aliphatic rings. The zero-order chi connectivity index (χ0) is 17.6. The number of nitrogens with one attached hydrogen (secondary N) is 2. The van der Waals surface area contributed by atoms with Crippen molar-refractivity contribution >= 4 is 22.6 Å². The number of anilines is 1. The molecule has 0 spiro atoms. The van der Waals surface area contributed by atoms with Crippen LogP contribution in [0.3, 0.4) is 0 Å². The number of fused-ring (bicyclic) bond motifs is 1. The van der Waals surface area contributed by atoms with Crippen LogP contribution >= 0.6 is 0 Å². The summed E-state index contributed by atoms with van der Waals surface area (Å²) < 4.78 is 0. The fraction of sp³-hybridized carbons (Fsp3) is 0.200. The van der Waals surface area contributed by atoms with Crippen LogP contribution in [0, 0.1) is 0 Å². The predicted octanol–water partition coefficient (Wildman–Crippen LogP) is 3.62. The minimum Gasteiger partial charge on any atom is -0.334 e. The quantitative estimate of drug-likeness (QED) is 0.749. The van der Waals surface area contributed by atoms with Gasteiger partial charge in [0.25, 0.3) is 0 Å². The second-order valence-electron chi connectivity index (χ2n) is 6.24. The number of rotatable bonds is 5. The highest BCUT2D eigenvalue weighted by Crippen LogP contribution is 2.20. The first kappa shape index (κ1) is 16.9. The van der Waals surface area contributed by atoms with Gasteiger partial charge in [-0.15, -0.1) is 0 Å². The van der Waals surface area contributed by atoms with Crippen LogP contribution in [0.4, 0.5) is 10.5 Å². The van der Waals surface area contributed by atoms with Crippen molar-refractivity contribution < 1.29 is 4.79 Å². The number of hydrogen-bond acceptors (Lipinski definition) is 3. The zero-order valence-electron chi connectivity index (χ0n) is 14.5. The Morgan fingerprint density at radius 1 is 1.00 bits per heavy atom. The van der Waals surface area contributed by atoms with Crippen LogP contribution in [0.2, 0.25) is 0 Å². The number of hydrogen-bond donors (Lipinski definition) is 2. The van der Waals surface area contributed by atoms with E-state index in [-0.39, 0.29) is 6.03 Å². The number of pyridine rings is 1. The molecule has 25 heavy (non-hydrogen) atoms. The van der Waals surface area contributed by atoms with Gasteiger partial charge in [-0.2, -0.15) is 0 Å². The Morgan fingerprint density at radius 2 is 1.72 bits per heavy atom. The molecule has 2 aromatic carbocycles. The Hall–Kier alpha value is -2.92. The largest absolute Gasteiger partial charge is 0.334 e. The maximum absolute atomic E-state index is 12.2. The van der Waals surface area contributed by atoms with Crippen molar-refractivity contribution in [1.29, 1.82) is 0 Å². The molecule has 0 atom stereocenters. The Balaban J connectivity index is 1.59. The summed E-state index contributed by atoms with van der Waals surface area (Å²) in [6.45, 7) is 1.38. The van der Waals surface area contributed by atoms with Gasteiger partial charge in [0.15, 0.2) is 0 Å². The lowest BCUT2D eigenvalue weighted by molar-refractivity contribution is 0.252. The molecule has 5 heteroatoms. The number of carbonyl (C=O) groups is 1. The molecule has 1 aromatic heterocycles. The molecule has 2 amide bonds. The monoisotopic (exact) mass is 334 g/mol. The van der Waals surface area contributed by atoms with Gasteiger partial charge in [-0.25, -0.2) is 4.79 Å². The Labute approximate surface area is 147 Å². The fourth-order valence-electron chi connectivity index (χ4n) is 2.68. The molecular formula is C20H22N4O. The van der Waals surface area contributed by atoms with E-state index in [4.69, 9.17) is 0 Å². The standard InChI is InChI=1S/C20H22N4O/c1-24(2)14-16-10-8-15(9-11-16)13-22-20(25)23-18-7-3-5-17-6-4-12-21-19(17)18/h3-12H,13-14H2,1-2H3,(H2,22,23,25). The van der Waals surface area contributed by atoms with E-state index in [1.54, 1.807) is 6.20 Å². The summed E-state index contributed by atoms with van der Waals surface area (Å²) in [5, 5.41) is 6.75. The molecule has 2 N–H and O–H groups in total. The van der Waals surface area contributed by atoms with Gasteiger partial charge in [0, 0.05) is 24.7 Å². The van der Waals surface area contributed by atoms with Crippen LogP contribution in [-0.4, -0.2) is 30.0 Å². The van der Waals surface area contributed by atoms with Gasteiger partial charge >= 0.3 is 6.03 Å². The Morgan fingerprint density at radius 3 is 2.48 bits per heavy atom. The first-order valence-electron chi connectivity index (χ1n) is 8.23. The van der Waals surface area contributed by atoms with E-state index in [2.05, 4.69) is 32.7 Å². The summed E-state index contributed by atoms with van der Waals surface area (Å²) >= 11 is 0. The molecule has 1 heterocycles. The molecule has 0 radical (unpaired) electrons. The molecule has 5 nitrogen and oxygen atoms in total. The second kappa shape index (κ2) is 7.77. The minimum atomic E-state index is -0.240. The second-order valence-corrected chi connectivity index (χ2v) is 6.24. The number of amides is 2. The highest BCUT2D eigenvalue weighted by Gasteiger charge is 2.06. The summed E-state index contributed by atoms with van der Waals surface area (Å²) in [5.41, 5.74) is 3.80. The summed E-state index contributed by atoms with van der Waals surface area (Å²) in [7, 11) is 4.09. The molecule has 3 rings (SSSR count). The number of aromatic nitrogens is 1. The zero-order valence-corrected chi connectivity index (χ0v) is 14.5. The first-order chi connectivity index (χ1) is 12.1. The van der Waals surface area contributed by atoms with Gasteiger partial charge in [0.05, 0.1) is 11.2 Å². The van der Waals surface area contributed by atoms with E-state index in [1.807, 2.05) is 56.6 Å². The maximum atomic E-state index is 12.2. The van der Waals surface area contributed by atoms with Crippen LogP contribution in [0.1, 0.15) is 11.1 Å². The summed E-state index contributed by atoms with van der Waals surface area (Å²) in [5.74, 6) is 0. The molecule has 128 valence electrons. The molecular weight excluding hydrogens is 312 g/mol. The Bertz CT molecular complexity index is 854. The number of carbonyl (C=O) groups excluding carboxylic acids is 1. The third-order valence-corrected chi connectivity index (χ3v) is 3.86. The molecule has 0 aliphatic heterocycles. The molecule has 0 fully saturated rings. The van der Waals surface area contributed by atoms with E-state index < -0.39 is 0 Å². The third-order valence-electron chi connectivity index (χ3n) is 3.86. The van der Waals surface area contributed by atoms with Gasteiger partial charge in [0.2, 0.25) is 0 Å². The van der Waals surface area contributed by atoms with Gasteiger partial charge in [-0.05, 0) is 37.4 Å². The van der Waals surface area contributed by atoms with Crippen molar-refractivity contribution in [3.8, 4) is 0 Å². The van der Waals surface area contributed by atoms with Crippen molar-refractivity contribution in [3.63, 3.8) is 0 Å². The van der Waals surface area contributed by atoms with Crippen LogP contribution < -0.4 is 10.6 Å². The van der Waals surface area contributed by atoms with Crippen LogP contribution in [0.15, 0.2) is 60.8 Å². The number of para-hydroxylation sites is 1. The van der Waals surface area contributed by atoms with Crippen molar-refractivity contribution in [1.82, 2.24) is 15.2 Å². The smallest absolute Gasteiger partial charge is 0.319 e. The number of urea groups is 1. The molecule has 3 aromatic rings. The van der Waals surface area contributed by atoms with Crippen LogP contribution in [0.25, 0.3) is 10.9 Å². The maximum Gasteiger partial charge on any atom is 0.319 e. The lowest BCUT2D eigenvalue weighted by Gasteiger charge is -2.11. The molecule has 0 bridgehead atoms. The van der Waals surface area contributed by atoms with Gasteiger partial charge in [0.1, 0.15) is 0 Å². The van der Waals surface area contributed by atoms with E-state index in [0.29, 0.717) is 12.2 Å². The third kappa shape index (κ3) is 4.55. The van der Waals surface area contributed by atoms with E-state index in [0.717, 1.165) is 23.0 Å². The average Bonchev–Trinajstić information content (AvgIpc) is 2.61. The molecule has 0 saturated carbocycles. The van der Waals surface area contributed by atoms with Gasteiger partial charge in [-0.3, -0.25) is 4.98 Å². The summed E-state index contributed by atoms with van der Waals surface area (Å²) in [6, 6.07) is 17.6.